The normalized spacial score (nSPS) is 9.61. The van der Waals surface area contributed by atoms with Crippen molar-refractivity contribution >= 4 is 17.8 Å². The zero-order valence-corrected chi connectivity index (χ0v) is 9.90. The molecule has 3 N–H and O–H groups in total. The van der Waals surface area contributed by atoms with E-state index in [0.717, 1.165) is 5.56 Å². The average molecular weight is 250 g/mol. The van der Waals surface area contributed by atoms with Crippen molar-refractivity contribution in [2.45, 2.75) is 13.5 Å². The van der Waals surface area contributed by atoms with Gasteiger partial charge in [0.05, 0.1) is 0 Å². The van der Waals surface area contributed by atoms with Crippen LogP contribution in [0.5, 0.6) is 0 Å². The Morgan fingerprint density at radius 1 is 1.11 bits per heavy atom. The molecule has 0 saturated heterocycles. The molecular formula is C12H14N2O4. The lowest BCUT2D eigenvalue weighted by Crippen LogP contribution is -2.29. The van der Waals surface area contributed by atoms with Gasteiger partial charge in [0.25, 0.3) is 5.91 Å². The van der Waals surface area contributed by atoms with Crippen molar-refractivity contribution in [2.75, 3.05) is 6.54 Å². The predicted molar refractivity (Wildman–Crippen MR) is 63.9 cm³/mol. The van der Waals surface area contributed by atoms with Crippen molar-refractivity contribution in [2.24, 2.45) is 0 Å². The van der Waals surface area contributed by atoms with Crippen molar-refractivity contribution in [3.8, 4) is 0 Å². The minimum atomic E-state index is -1.09. The fraction of sp³-hybridized carbons (Fsp3) is 0.250. The molecule has 6 heteroatoms. The molecule has 0 heterocycles. The second-order valence-corrected chi connectivity index (χ2v) is 3.68. The van der Waals surface area contributed by atoms with Crippen LogP contribution in [-0.2, 0) is 16.1 Å². The number of carbonyl (C=O) groups excluding carboxylic acids is 2. The van der Waals surface area contributed by atoms with Crippen LogP contribution < -0.4 is 10.6 Å². The molecule has 1 aromatic rings. The Hall–Kier alpha value is -2.37. The van der Waals surface area contributed by atoms with Crippen LogP contribution in [-0.4, -0.2) is 29.4 Å². The van der Waals surface area contributed by atoms with Gasteiger partial charge in [-0.05, 0) is 17.7 Å². The molecule has 1 rings (SSSR count). The Morgan fingerprint density at radius 3 is 2.22 bits per heavy atom. The lowest BCUT2D eigenvalue weighted by Gasteiger charge is -2.05. The van der Waals surface area contributed by atoms with Gasteiger partial charge in [-0.3, -0.25) is 14.4 Å². The number of carboxylic acid groups (broad SMARTS) is 1. The molecule has 96 valence electrons. The average Bonchev–Trinajstić information content (AvgIpc) is 2.34. The molecule has 0 fully saturated rings. The van der Waals surface area contributed by atoms with Crippen LogP contribution in [0, 0.1) is 0 Å². The van der Waals surface area contributed by atoms with Gasteiger partial charge in [-0.15, -0.1) is 0 Å². The molecule has 0 aliphatic carbocycles. The van der Waals surface area contributed by atoms with E-state index in [0.29, 0.717) is 12.1 Å². The number of hydrogen-bond donors (Lipinski definition) is 3. The standard InChI is InChI=1S/C12H14N2O4/c1-8(15)13-6-9-2-4-10(5-3-9)12(18)14-7-11(16)17/h2-5H,6-7H2,1H3,(H,13,15)(H,14,18)(H,16,17). The van der Waals surface area contributed by atoms with Crippen LogP contribution in [0.3, 0.4) is 0 Å². The molecular weight excluding hydrogens is 236 g/mol. The highest BCUT2D eigenvalue weighted by Gasteiger charge is 2.06. The van der Waals surface area contributed by atoms with Gasteiger partial charge in [-0.1, -0.05) is 12.1 Å². The van der Waals surface area contributed by atoms with E-state index in [1.807, 2.05) is 0 Å². The fourth-order valence-corrected chi connectivity index (χ4v) is 1.26. The molecule has 0 atom stereocenters. The first-order valence-corrected chi connectivity index (χ1v) is 5.32. The first kappa shape index (κ1) is 13.7. The summed E-state index contributed by atoms with van der Waals surface area (Å²) in [6.45, 7) is 1.41. The third kappa shape index (κ3) is 4.65. The van der Waals surface area contributed by atoms with Gasteiger partial charge < -0.3 is 15.7 Å². The first-order valence-electron chi connectivity index (χ1n) is 5.32. The Balaban J connectivity index is 2.56. The predicted octanol–water partition coefficient (Wildman–Crippen LogP) is 0.137. The molecule has 6 nitrogen and oxygen atoms in total. The molecule has 0 bridgehead atoms. The largest absolute Gasteiger partial charge is 0.480 e. The minimum Gasteiger partial charge on any atom is -0.480 e. The third-order valence-corrected chi connectivity index (χ3v) is 2.16. The molecule has 0 aliphatic rings. The zero-order chi connectivity index (χ0) is 13.5. The van der Waals surface area contributed by atoms with E-state index in [9.17, 15) is 14.4 Å². The van der Waals surface area contributed by atoms with E-state index in [1.54, 1.807) is 24.3 Å². The maximum Gasteiger partial charge on any atom is 0.322 e. The van der Waals surface area contributed by atoms with Crippen molar-refractivity contribution in [3.05, 3.63) is 35.4 Å². The van der Waals surface area contributed by atoms with Gasteiger partial charge in [0.2, 0.25) is 5.91 Å². The Bertz CT molecular complexity index is 454. The highest BCUT2D eigenvalue weighted by Crippen LogP contribution is 2.04. The summed E-state index contributed by atoms with van der Waals surface area (Å²) < 4.78 is 0. The van der Waals surface area contributed by atoms with Crippen molar-refractivity contribution < 1.29 is 19.5 Å². The summed E-state index contributed by atoms with van der Waals surface area (Å²) >= 11 is 0. The first-order chi connectivity index (χ1) is 8.49. The summed E-state index contributed by atoms with van der Waals surface area (Å²) in [5.41, 5.74) is 1.24. The molecule has 0 saturated carbocycles. The number of hydrogen-bond acceptors (Lipinski definition) is 3. The molecule has 1 aromatic carbocycles. The van der Waals surface area contributed by atoms with E-state index in [-0.39, 0.29) is 5.91 Å². The summed E-state index contributed by atoms with van der Waals surface area (Å²) in [5, 5.41) is 13.3. The molecule has 18 heavy (non-hydrogen) atoms. The molecule has 0 aromatic heterocycles. The quantitative estimate of drug-likeness (QED) is 0.692. The molecule has 0 radical (unpaired) electrons. The van der Waals surface area contributed by atoms with E-state index >= 15 is 0 Å². The minimum absolute atomic E-state index is 0.127. The summed E-state index contributed by atoms with van der Waals surface area (Å²) in [6, 6.07) is 6.56. The molecule has 0 unspecified atom stereocenters. The molecule has 0 spiro atoms. The number of nitrogens with one attached hydrogen (secondary N) is 2. The van der Waals surface area contributed by atoms with Crippen LogP contribution in [0.1, 0.15) is 22.8 Å². The Labute approximate surface area is 104 Å². The van der Waals surface area contributed by atoms with Crippen molar-refractivity contribution in [1.29, 1.82) is 0 Å². The highest BCUT2D eigenvalue weighted by molar-refractivity contribution is 5.95. The van der Waals surface area contributed by atoms with Crippen LogP contribution >= 0.6 is 0 Å². The second kappa shape index (κ2) is 6.39. The smallest absolute Gasteiger partial charge is 0.322 e. The number of aliphatic carboxylic acids is 1. The van der Waals surface area contributed by atoms with Gasteiger partial charge in [-0.25, -0.2) is 0 Å². The highest BCUT2D eigenvalue weighted by atomic mass is 16.4. The number of rotatable bonds is 5. The van der Waals surface area contributed by atoms with Crippen molar-refractivity contribution in [1.82, 2.24) is 10.6 Å². The van der Waals surface area contributed by atoms with Crippen molar-refractivity contribution in [3.63, 3.8) is 0 Å². The fourth-order valence-electron chi connectivity index (χ4n) is 1.26. The van der Waals surface area contributed by atoms with E-state index < -0.39 is 18.4 Å². The maximum atomic E-state index is 11.5. The second-order valence-electron chi connectivity index (χ2n) is 3.68. The van der Waals surface area contributed by atoms with E-state index in [1.165, 1.54) is 6.92 Å². The van der Waals surface area contributed by atoms with E-state index in [4.69, 9.17) is 5.11 Å². The number of benzene rings is 1. The number of amides is 2. The van der Waals surface area contributed by atoms with Gasteiger partial charge in [0.1, 0.15) is 6.54 Å². The van der Waals surface area contributed by atoms with Gasteiger partial charge in [-0.2, -0.15) is 0 Å². The summed E-state index contributed by atoms with van der Waals surface area (Å²) in [5.74, 6) is -1.66. The lowest BCUT2D eigenvalue weighted by atomic mass is 10.1. The Morgan fingerprint density at radius 2 is 1.72 bits per heavy atom. The SMILES string of the molecule is CC(=O)NCc1ccc(C(=O)NCC(=O)O)cc1. The number of carboxylic acids is 1. The summed E-state index contributed by atoms with van der Waals surface area (Å²) in [4.78, 5) is 32.5. The maximum absolute atomic E-state index is 11.5. The van der Waals surface area contributed by atoms with Gasteiger partial charge in [0, 0.05) is 19.0 Å². The van der Waals surface area contributed by atoms with E-state index in [2.05, 4.69) is 10.6 Å². The summed E-state index contributed by atoms with van der Waals surface area (Å²) in [6.07, 6.45) is 0. The Kier molecular flexibility index (Phi) is 4.86. The molecule has 0 aliphatic heterocycles. The van der Waals surface area contributed by atoms with Crippen LogP contribution in [0.15, 0.2) is 24.3 Å². The summed E-state index contributed by atoms with van der Waals surface area (Å²) in [7, 11) is 0. The zero-order valence-electron chi connectivity index (χ0n) is 9.90. The van der Waals surface area contributed by atoms with Gasteiger partial charge >= 0.3 is 5.97 Å². The van der Waals surface area contributed by atoms with Gasteiger partial charge in [0.15, 0.2) is 0 Å². The monoisotopic (exact) mass is 250 g/mol. The molecule has 2 amide bonds. The lowest BCUT2D eigenvalue weighted by molar-refractivity contribution is -0.135. The topological polar surface area (TPSA) is 95.5 Å². The van der Waals surface area contributed by atoms with Crippen LogP contribution in [0.4, 0.5) is 0 Å². The number of carbonyl (C=O) groups is 3. The van der Waals surface area contributed by atoms with Crippen LogP contribution in [0.2, 0.25) is 0 Å². The van der Waals surface area contributed by atoms with Crippen LogP contribution in [0.25, 0.3) is 0 Å². The third-order valence-electron chi connectivity index (χ3n) is 2.16.